The Bertz CT molecular complexity index is 1090. The van der Waals surface area contributed by atoms with Crippen molar-refractivity contribution in [1.29, 1.82) is 0 Å². The molecule has 1 N–H and O–H groups in total. The van der Waals surface area contributed by atoms with Gasteiger partial charge in [-0.2, -0.15) is 13.2 Å². The molecule has 0 bridgehead atoms. The first-order valence-electron chi connectivity index (χ1n) is 9.53. The van der Waals surface area contributed by atoms with E-state index < -0.39 is 17.8 Å². The maximum Gasteiger partial charge on any atom is 0.416 e. The van der Waals surface area contributed by atoms with Crippen molar-refractivity contribution < 1.29 is 22.7 Å². The molecule has 2 atom stereocenters. The number of carbonyl (C=O) groups is 1. The summed E-state index contributed by atoms with van der Waals surface area (Å²) in [7, 11) is 0. The largest absolute Gasteiger partial charge is 0.457 e. The van der Waals surface area contributed by atoms with Gasteiger partial charge in [0.15, 0.2) is 0 Å². The summed E-state index contributed by atoms with van der Waals surface area (Å²) in [4.78, 5) is 14.1. The molecule has 160 valence electrons. The van der Waals surface area contributed by atoms with Gasteiger partial charge in [-0.3, -0.25) is 4.90 Å². The average Bonchev–Trinajstić information content (AvgIpc) is 3.03. The molecule has 1 saturated heterocycles. The zero-order valence-electron chi connectivity index (χ0n) is 16.4. The van der Waals surface area contributed by atoms with Crippen molar-refractivity contribution in [3.63, 3.8) is 0 Å². The summed E-state index contributed by atoms with van der Waals surface area (Å²) in [5.74, 6) is 1.15. The van der Waals surface area contributed by atoms with Gasteiger partial charge in [0, 0.05) is 10.7 Å². The number of nitrogens with one attached hydrogen (secondary N) is 1. The standard InChI is InChI=1S/C23H18ClF3N2O2/c1-14-21(15-3-2-4-16(13-15)23(25,26)27)29(22(30)28-14)18-7-11-20(12-8-18)31-19-9-5-17(24)6-10-19/h2-14,21H,1H3,(H,28,30)/t14-,21?/m0/s1. The van der Waals surface area contributed by atoms with Crippen LogP contribution in [0.4, 0.5) is 23.7 Å². The highest BCUT2D eigenvalue weighted by atomic mass is 35.5. The smallest absolute Gasteiger partial charge is 0.416 e. The second kappa shape index (κ2) is 8.15. The lowest BCUT2D eigenvalue weighted by atomic mass is 9.98. The van der Waals surface area contributed by atoms with Crippen LogP contribution >= 0.6 is 11.6 Å². The normalized spacial score (nSPS) is 18.7. The van der Waals surface area contributed by atoms with E-state index in [1.165, 1.54) is 11.0 Å². The highest BCUT2D eigenvalue weighted by Gasteiger charge is 2.40. The number of carbonyl (C=O) groups excluding carboxylic acids is 1. The second-order valence-corrected chi connectivity index (χ2v) is 7.66. The first-order valence-corrected chi connectivity index (χ1v) is 9.90. The number of amides is 2. The molecule has 0 aliphatic carbocycles. The molecular weight excluding hydrogens is 429 g/mol. The first kappa shape index (κ1) is 21.1. The molecule has 0 aromatic heterocycles. The molecule has 1 aliphatic heterocycles. The van der Waals surface area contributed by atoms with Gasteiger partial charge in [-0.25, -0.2) is 4.79 Å². The van der Waals surface area contributed by atoms with Gasteiger partial charge in [0.1, 0.15) is 11.5 Å². The molecule has 0 radical (unpaired) electrons. The topological polar surface area (TPSA) is 41.6 Å². The fourth-order valence-corrected chi connectivity index (χ4v) is 3.75. The molecule has 3 aromatic rings. The third kappa shape index (κ3) is 4.46. The van der Waals surface area contributed by atoms with Gasteiger partial charge in [0.25, 0.3) is 0 Å². The highest BCUT2D eigenvalue weighted by molar-refractivity contribution is 6.30. The van der Waals surface area contributed by atoms with Gasteiger partial charge >= 0.3 is 12.2 Å². The number of hydrogen-bond donors (Lipinski definition) is 1. The molecule has 1 fully saturated rings. The fourth-order valence-electron chi connectivity index (χ4n) is 3.62. The minimum absolute atomic E-state index is 0.374. The minimum Gasteiger partial charge on any atom is -0.457 e. The van der Waals surface area contributed by atoms with Crippen LogP contribution < -0.4 is 15.0 Å². The van der Waals surface area contributed by atoms with E-state index in [0.29, 0.717) is 27.8 Å². The van der Waals surface area contributed by atoms with Gasteiger partial charge in [0.05, 0.1) is 17.6 Å². The summed E-state index contributed by atoms with van der Waals surface area (Å²) < 4.78 is 45.3. The molecule has 4 nitrogen and oxygen atoms in total. The van der Waals surface area contributed by atoms with Crippen LogP contribution in [0, 0.1) is 0 Å². The van der Waals surface area contributed by atoms with Gasteiger partial charge in [-0.1, -0.05) is 23.7 Å². The summed E-state index contributed by atoms with van der Waals surface area (Å²) in [6.07, 6.45) is -4.46. The Hall–Kier alpha value is -3.19. The van der Waals surface area contributed by atoms with Crippen molar-refractivity contribution in [2.45, 2.75) is 25.2 Å². The number of benzene rings is 3. The van der Waals surface area contributed by atoms with E-state index in [2.05, 4.69) is 5.32 Å². The van der Waals surface area contributed by atoms with Crippen molar-refractivity contribution in [1.82, 2.24) is 5.32 Å². The summed E-state index contributed by atoms with van der Waals surface area (Å²) in [6, 6.07) is 17.4. The maximum atomic E-state index is 13.2. The quantitative estimate of drug-likeness (QED) is 0.478. The summed E-state index contributed by atoms with van der Waals surface area (Å²) in [6.45, 7) is 1.76. The molecular formula is C23H18ClF3N2O2. The predicted octanol–water partition coefficient (Wildman–Crippen LogP) is 6.81. The van der Waals surface area contributed by atoms with Crippen LogP contribution in [0.1, 0.15) is 24.1 Å². The minimum atomic E-state index is -4.46. The molecule has 31 heavy (non-hydrogen) atoms. The van der Waals surface area contributed by atoms with Gasteiger partial charge in [-0.15, -0.1) is 0 Å². The first-order chi connectivity index (χ1) is 14.7. The number of rotatable bonds is 4. The lowest BCUT2D eigenvalue weighted by Crippen LogP contribution is -2.29. The molecule has 1 unspecified atom stereocenters. The summed E-state index contributed by atoms with van der Waals surface area (Å²) in [5.41, 5.74) is 0.207. The van der Waals surface area contributed by atoms with Crippen molar-refractivity contribution in [2.75, 3.05) is 4.90 Å². The molecule has 2 amide bonds. The van der Waals surface area contributed by atoms with E-state index in [1.54, 1.807) is 61.5 Å². The Labute approximate surface area is 182 Å². The summed E-state index contributed by atoms with van der Waals surface area (Å²) in [5, 5.41) is 3.39. The number of ether oxygens (including phenoxy) is 1. The molecule has 4 rings (SSSR count). The Morgan fingerprint density at radius 2 is 1.58 bits per heavy atom. The third-order valence-corrected chi connectivity index (χ3v) is 5.29. The molecule has 1 aliphatic rings. The van der Waals surface area contributed by atoms with E-state index in [9.17, 15) is 18.0 Å². The number of alkyl halides is 3. The molecule has 0 spiro atoms. The van der Waals surface area contributed by atoms with Crippen molar-refractivity contribution >= 4 is 23.3 Å². The van der Waals surface area contributed by atoms with Crippen LogP contribution in [0.2, 0.25) is 5.02 Å². The van der Waals surface area contributed by atoms with Gasteiger partial charge < -0.3 is 10.1 Å². The van der Waals surface area contributed by atoms with Crippen LogP contribution in [0.5, 0.6) is 11.5 Å². The Morgan fingerprint density at radius 3 is 2.19 bits per heavy atom. The van der Waals surface area contributed by atoms with E-state index in [1.807, 2.05) is 0 Å². The van der Waals surface area contributed by atoms with Crippen molar-refractivity contribution in [2.24, 2.45) is 0 Å². The van der Waals surface area contributed by atoms with E-state index in [4.69, 9.17) is 16.3 Å². The van der Waals surface area contributed by atoms with Crippen LogP contribution in [0.3, 0.4) is 0 Å². The van der Waals surface area contributed by atoms with E-state index >= 15 is 0 Å². The van der Waals surface area contributed by atoms with Crippen LogP contribution in [0.25, 0.3) is 0 Å². The van der Waals surface area contributed by atoms with Crippen LogP contribution in [0.15, 0.2) is 72.8 Å². The van der Waals surface area contributed by atoms with E-state index in [-0.39, 0.29) is 12.1 Å². The number of halogens is 4. The third-order valence-electron chi connectivity index (χ3n) is 5.04. The zero-order valence-corrected chi connectivity index (χ0v) is 17.1. The van der Waals surface area contributed by atoms with Crippen LogP contribution in [-0.2, 0) is 6.18 Å². The molecule has 1 heterocycles. The monoisotopic (exact) mass is 446 g/mol. The van der Waals surface area contributed by atoms with Crippen molar-refractivity contribution in [3.05, 3.63) is 88.9 Å². The molecule has 3 aromatic carbocycles. The maximum absolute atomic E-state index is 13.2. The fraction of sp³-hybridized carbons (Fsp3) is 0.174. The second-order valence-electron chi connectivity index (χ2n) is 7.23. The number of nitrogens with zero attached hydrogens (tertiary/aromatic N) is 1. The van der Waals surface area contributed by atoms with Gasteiger partial charge in [-0.05, 0) is 73.2 Å². The SMILES string of the molecule is C[C@@H]1NC(=O)N(c2ccc(Oc3ccc(Cl)cc3)cc2)C1c1cccc(C(F)(F)F)c1. The molecule has 8 heteroatoms. The molecule has 0 saturated carbocycles. The zero-order chi connectivity index (χ0) is 22.2. The number of urea groups is 1. The summed E-state index contributed by atoms with van der Waals surface area (Å²) >= 11 is 5.87. The number of hydrogen-bond acceptors (Lipinski definition) is 2. The van der Waals surface area contributed by atoms with Crippen LogP contribution in [-0.4, -0.2) is 12.1 Å². The lowest BCUT2D eigenvalue weighted by Gasteiger charge is -2.26. The Balaban J connectivity index is 1.61. The van der Waals surface area contributed by atoms with Crippen molar-refractivity contribution in [3.8, 4) is 11.5 Å². The van der Waals surface area contributed by atoms with Gasteiger partial charge in [0.2, 0.25) is 0 Å². The lowest BCUT2D eigenvalue weighted by molar-refractivity contribution is -0.137. The highest BCUT2D eigenvalue weighted by Crippen LogP contribution is 2.38. The Morgan fingerprint density at radius 1 is 0.968 bits per heavy atom. The predicted molar refractivity (Wildman–Crippen MR) is 113 cm³/mol. The number of anilines is 1. The van der Waals surface area contributed by atoms with E-state index in [0.717, 1.165) is 12.1 Å². The Kier molecular flexibility index (Phi) is 5.54. The average molecular weight is 447 g/mol.